The summed E-state index contributed by atoms with van der Waals surface area (Å²) in [5, 5.41) is 0. The molecule has 17 heavy (non-hydrogen) atoms. The van der Waals surface area contributed by atoms with Gasteiger partial charge in [-0.05, 0) is 11.8 Å². The Balaban J connectivity index is 2.08. The van der Waals surface area contributed by atoms with Crippen molar-refractivity contribution in [1.82, 2.24) is 14.4 Å². The zero-order valence-corrected chi connectivity index (χ0v) is 10.2. The summed E-state index contributed by atoms with van der Waals surface area (Å²) in [5.41, 5.74) is 7.06. The molecule has 0 atom stereocenters. The number of aromatic nitrogens is 3. The Kier molecular flexibility index (Phi) is 2.05. The summed E-state index contributed by atoms with van der Waals surface area (Å²) in [5.74, 6) is 1.44. The van der Waals surface area contributed by atoms with E-state index in [1.807, 2.05) is 10.6 Å². The van der Waals surface area contributed by atoms with Crippen LogP contribution in [0.25, 0.3) is 5.65 Å². The highest BCUT2D eigenvalue weighted by molar-refractivity contribution is 5.66. The van der Waals surface area contributed by atoms with Crippen molar-refractivity contribution in [2.45, 2.75) is 20.3 Å². The maximum atomic E-state index is 5.83. The first-order valence-corrected chi connectivity index (χ1v) is 5.89. The van der Waals surface area contributed by atoms with Gasteiger partial charge in [-0.25, -0.2) is 9.97 Å². The van der Waals surface area contributed by atoms with Crippen LogP contribution < -0.4 is 10.6 Å². The van der Waals surface area contributed by atoms with E-state index < -0.39 is 0 Å². The van der Waals surface area contributed by atoms with Crippen molar-refractivity contribution in [1.29, 1.82) is 0 Å². The van der Waals surface area contributed by atoms with Gasteiger partial charge in [-0.3, -0.25) is 0 Å². The van der Waals surface area contributed by atoms with Crippen molar-refractivity contribution in [2.75, 3.05) is 23.7 Å². The van der Waals surface area contributed by atoms with Gasteiger partial charge in [-0.1, -0.05) is 13.8 Å². The standard InChI is InChI=1S/C12H17N5/c1-12(2)3-5-17(8-12)11-10-14-4-6-16(10)7-9(13)15-11/h4,6-7H,3,5,8,13H2,1-2H3. The predicted molar refractivity (Wildman–Crippen MR) is 68.0 cm³/mol. The molecule has 2 aromatic rings. The minimum absolute atomic E-state index is 0.343. The third kappa shape index (κ3) is 1.71. The Labute approximate surface area is 100 Å². The average Bonchev–Trinajstić information content (AvgIpc) is 2.82. The summed E-state index contributed by atoms with van der Waals surface area (Å²) in [6.45, 7) is 6.59. The molecule has 0 aliphatic carbocycles. The Hall–Kier alpha value is -1.78. The van der Waals surface area contributed by atoms with E-state index in [0.717, 1.165) is 24.6 Å². The van der Waals surface area contributed by atoms with E-state index >= 15 is 0 Å². The molecule has 0 aromatic carbocycles. The van der Waals surface area contributed by atoms with Gasteiger partial charge in [0.2, 0.25) is 0 Å². The van der Waals surface area contributed by atoms with Gasteiger partial charge >= 0.3 is 0 Å². The van der Waals surface area contributed by atoms with Gasteiger partial charge in [-0.15, -0.1) is 0 Å². The third-order valence-corrected chi connectivity index (χ3v) is 3.35. The van der Waals surface area contributed by atoms with Crippen LogP contribution >= 0.6 is 0 Å². The normalized spacial score (nSPS) is 19.1. The van der Waals surface area contributed by atoms with Crippen molar-refractivity contribution in [3.8, 4) is 0 Å². The Morgan fingerprint density at radius 3 is 2.94 bits per heavy atom. The summed E-state index contributed by atoms with van der Waals surface area (Å²) in [7, 11) is 0. The van der Waals surface area contributed by atoms with Crippen LogP contribution in [-0.2, 0) is 0 Å². The van der Waals surface area contributed by atoms with Gasteiger partial charge in [0, 0.05) is 25.5 Å². The van der Waals surface area contributed by atoms with Crippen molar-refractivity contribution in [3.05, 3.63) is 18.6 Å². The maximum absolute atomic E-state index is 5.83. The fourth-order valence-corrected chi connectivity index (χ4v) is 2.44. The SMILES string of the molecule is CC1(C)CCN(c2nc(N)cn3ccnc23)C1. The smallest absolute Gasteiger partial charge is 0.180 e. The van der Waals surface area contributed by atoms with Crippen LogP contribution in [0.4, 0.5) is 11.6 Å². The van der Waals surface area contributed by atoms with Crippen LogP contribution in [0.15, 0.2) is 18.6 Å². The number of rotatable bonds is 1. The number of imidazole rings is 1. The van der Waals surface area contributed by atoms with E-state index in [9.17, 15) is 0 Å². The second-order valence-corrected chi connectivity index (χ2v) is 5.48. The molecule has 1 saturated heterocycles. The van der Waals surface area contributed by atoms with Gasteiger partial charge in [0.05, 0.1) is 6.20 Å². The molecule has 0 bridgehead atoms. The van der Waals surface area contributed by atoms with Gasteiger partial charge in [0.1, 0.15) is 5.82 Å². The average molecular weight is 231 g/mol. The van der Waals surface area contributed by atoms with Crippen molar-refractivity contribution >= 4 is 17.3 Å². The molecule has 0 unspecified atom stereocenters. The second-order valence-electron chi connectivity index (χ2n) is 5.48. The molecule has 2 aromatic heterocycles. The summed E-state index contributed by atoms with van der Waals surface area (Å²) in [4.78, 5) is 11.1. The maximum Gasteiger partial charge on any atom is 0.180 e. The van der Waals surface area contributed by atoms with Gasteiger partial charge in [0.15, 0.2) is 11.5 Å². The third-order valence-electron chi connectivity index (χ3n) is 3.35. The van der Waals surface area contributed by atoms with Crippen molar-refractivity contribution in [3.63, 3.8) is 0 Å². The number of nitrogen functional groups attached to an aromatic ring is 1. The number of nitrogens with two attached hydrogens (primary N) is 1. The van der Waals surface area contributed by atoms with Crippen LogP contribution in [0.5, 0.6) is 0 Å². The van der Waals surface area contributed by atoms with E-state index in [1.54, 1.807) is 12.4 Å². The lowest BCUT2D eigenvalue weighted by Gasteiger charge is -2.21. The summed E-state index contributed by atoms with van der Waals surface area (Å²) < 4.78 is 1.93. The zero-order chi connectivity index (χ0) is 12.0. The quantitative estimate of drug-likeness (QED) is 0.809. The summed E-state index contributed by atoms with van der Waals surface area (Å²) in [6, 6.07) is 0. The van der Waals surface area contributed by atoms with Crippen LogP contribution in [0.2, 0.25) is 0 Å². The lowest BCUT2D eigenvalue weighted by molar-refractivity contribution is 0.418. The van der Waals surface area contributed by atoms with E-state index in [0.29, 0.717) is 11.2 Å². The van der Waals surface area contributed by atoms with Gasteiger partial charge < -0.3 is 15.0 Å². The second kappa shape index (κ2) is 3.35. The van der Waals surface area contributed by atoms with Gasteiger partial charge in [-0.2, -0.15) is 0 Å². The lowest BCUT2D eigenvalue weighted by Crippen LogP contribution is -2.24. The number of anilines is 2. The molecule has 0 amide bonds. The number of hydrogen-bond donors (Lipinski definition) is 1. The number of fused-ring (bicyclic) bond motifs is 1. The first-order chi connectivity index (χ1) is 8.05. The van der Waals surface area contributed by atoms with E-state index in [1.165, 1.54) is 6.42 Å². The highest BCUT2D eigenvalue weighted by Crippen LogP contribution is 2.33. The van der Waals surface area contributed by atoms with Crippen LogP contribution in [0.3, 0.4) is 0 Å². The Morgan fingerprint density at radius 1 is 1.41 bits per heavy atom. The zero-order valence-electron chi connectivity index (χ0n) is 10.2. The fourth-order valence-electron chi connectivity index (χ4n) is 2.44. The lowest BCUT2D eigenvalue weighted by atomic mass is 9.93. The van der Waals surface area contributed by atoms with Crippen molar-refractivity contribution in [2.24, 2.45) is 5.41 Å². The number of hydrogen-bond acceptors (Lipinski definition) is 4. The van der Waals surface area contributed by atoms with Crippen molar-refractivity contribution < 1.29 is 0 Å². The molecule has 5 nitrogen and oxygen atoms in total. The molecule has 1 aliphatic heterocycles. The first-order valence-electron chi connectivity index (χ1n) is 5.89. The Bertz CT molecular complexity index is 557. The van der Waals surface area contributed by atoms with Gasteiger partial charge in [0.25, 0.3) is 0 Å². The minimum Gasteiger partial charge on any atom is -0.382 e. The molecule has 2 N–H and O–H groups in total. The van der Waals surface area contributed by atoms with Crippen LogP contribution in [-0.4, -0.2) is 27.5 Å². The summed E-state index contributed by atoms with van der Waals surface area (Å²) in [6.07, 6.45) is 6.66. The molecular formula is C12H17N5. The minimum atomic E-state index is 0.343. The highest BCUT2D eigenvalue weighted by atomic mass is 15.2. The predicted octanol–water partition coefficient (Wildman–Crippen LogP) is 1.55. The Morgan fingerprint density at radius 2 is 2.24 bits per heavy atom. The monoisotopic (exact) mass is 231 g/mol. The molecule has 3 rings (SSSR count). The summed E-state index contributed by atoms with van der Waals surface area (Å²) >= 11 is 0. The number of nitrogens with zero attached hydrogens (tertiary/aromatic N) is 4. The molecule has 5 heteroatoms. The largest absolute Gasteiger partial charge is 0.382 e. The topological polar surface area (TPSA) is 59.5 Å². The highest BCUT2D eigenvalue weighted by Gasteiger charge is 2.31. The van der Waals surface area contributed by atoms with E-state index in [4.69, 9.17) is 5.73 Å². The molecule has 90 valence electrons. The molecule has 0 radical (unpaired) electrons. The molecule has 3 heterocycles. The first kappa shape index (κ1) is 10.4. The molecule has 0 spiro atoms. The molecule has 0 saturated carbocycles. The van der Waals surface area contributed by atoms with E-state index in [-0.39, 0.29) is 0 Å². The molecular weight excluding hydrogens is 214 g/mol. The van der Waals surface area contributed by atoms with Crippen LogP contribution in [0.1, 0.15) is 20.3 Å². The molecule has 1 fully saturated rings. The molecule has 1 aliphatic rings. The van der Waals surface area contributed by atoms with E-state index in [2.05, 4.69) is 28.7 Å². The fraction of sp³-hybridized carbons (Fsp3) is 0.500. The van der Waals surface area contributed by atoms with Crippen LogP contribution in [0, 0.1) is 5.41 Å².